The van der Waals surface area contributed by atoms with Crippen LogP contribution in [-0.4, -0.2) is 21.5 Å². The lowest BCUT2D eigenvalue weighted by atomic mass is 10.1. The Balaban J connectivity index is 2.50. The van der Waals surface area contributed by atoms with Crippen molar-refractivity contribution in [2.75, 3.05) is 13.1 Å². The Bertz CT molecular complexity index is 467. The number of nitrogens with one attached hydrogen (secondary N) is 2. The second-order valence-electron chi connectivity index (χ2n) is 4.99. The lowest BCUT2D eigenvalue weighted by Gasteiger charge is -2.06. The van der Waals surface area contributed by atoms with Crippen molar-refractivity contribution in [3.8, 4) is 0 Å². The van der Waals surface area contributed by atoms with Gasteiger partial charge < -0.3 is 5.32 Å². The van der Waals surface area contributed by atoms with Gasteiger partial charge in [-0.05, 0) is 42.3 Å². The fourth-order valence-electron chi connectivity index (χ4n) is 1.64. The van der Waals surface area contributed by atoms with Crippen LogP contribution in [0.25, 0.3) is 0 Å². The zero-order valence-electron chi connectivity index (χ0n) is 11.9. The maximum Gasteiger partial charge on any atom is 0.250 e. The third-order valence-corrected chi connectivity index (χ3v) is 5.67. The van der Waals surface area contributed by atoms with Crippen molar-refractivity contribution in [2.24, 2.45) is 5.92 Å². The van der Waals surface area contributed by atoms with E-state index in [1.54, 1.807) is 6.07 Å². The molecule has 6 heteroatoms. The first kappa shape index (κ1) is 16.6. The molecule has 110 valence electrons. The number of thiophene rings is 1. The zero-order valence-corrected chi connectivity index (χ0v) is 13.5. The second-order valence-corrected chi connectivity index (χ2v) is 7.89. The van der Waals surface area contributed by atoms with E-state index in [2.05, 4.69) is 23.9 Å². The van der Waals surface area contributed by atoms with Crippen molar-refractivity contribution in [2.45, 2.75) is 44.4 Å². The van der Waals surface area contributed by atoms with Gasteiger partial charge in [0.15, 0.2) is 0 Å². The van der Waals surface area contributed by atoms with Crippen LogP contribution in [-0.2, 0) is 16.6 Å². The minimum Gasteiger partial charge on any atom is -0.313 e. The van der Waals surface area contributed by atoms with Gasteiger partial charge in [0.2, 0.25) is 10.0 Å². The van der Waals surface area contributed by atoms with Crippen LogP contribution in [0.2, 0.25) is 0 Å². The van der Waals surface area contributed by atoms with E-state index >= 15 is 0 Å². The summed E-state index contributed by atoms with van der Waals surface area (Å²) in [5.74, 6) is 0.609. The average Bonchev–Trinajstić information content (AvgIpc) is 2.81. The van der Waals surface area contributed by atoms with Crippen LogP contribution in [0.1, 0.15) is 39.2 Å². The van der Waals surface area contributed by atoms with Crippen LogP contribution in [0.5, 0.6) is 0 Å². The molecule has 0 radical (unpaired) electrons. The summed E-state index contributed by atoms with van der Waals surface area (Å²) in [5, 5.41) is 5.08. The topological polar surface area (TPSA) is 58.2 Å². The summed E-state index contributed by atoms with van der Waals surface area (Å²) in [5.41, 5.74) is 1.02. The van der Waals surface area contributed by atoms with Crippen molar-refractivity contribution >= 4 is 21.4 Å². The van der Waals surface area contributed by atoms with E-state index in [4.69, 9.17) is 0 Å². The first-order valence-electron chi connectivity index (χ1n) is 6.73. The summed E-state index contributed by atoms with van der Waals surface area (Å²) >= 11 is 1.28. The quantitative estimate of drug-likeness (QED) is 0.689. The number of hydrogen-bond donors (Lipinski definition) is 2. The lowest BCUT2D eigenvalue weighted by molar-refractivity contribution is 0.540. The molecule has 0 amide bonds. The minimum absolute atomic E-state index is 0.407. The van der Waals surface area contributed by atoms with Gasteiger partial charge in [-0.25, -0.2) is 13.1 Å². The van der Waals surface area contributed by atoms with Gasteiger partial charge in [0.05, 0.1) is 0 Å². The fourth-order valence-corrected chi connectivity index (χ4v) is 3.97. The molecule has 0 aliphatic rings. The minimum atomic E-state index is -3.32. The predicted molar refractivity (Wildman–Crippen MR) is 81.0 cm³/mol. The third kappa shape index (κ3) is 6.03. The van der Waals surface area contributed by atoms with Gasteiger partial charge in [0.25, 0.3) is 0 Å². The smallest absolute Gasteiger partial charge is 0.250 e. The zero-order chi connectivity index (χ0) is 14.3. The molecule has 0 fully saturated rings. The first-order valence-corrected chi connectivity index (χ1v) is 9.09. The van der Waals surface area contributed by atoms with E-state index in [-0.39, 0.29) is 0 Å². The molecule has 1 rings (SSSR count). The molecule has 19 heavy (non-hydrogen) atoms. The Morgan fingerprint density at radius 1 is 1.37 bits per heavy atom. The Kier molecular flexibility index (Phi) is 6.99. The molecule has 0 unspecified atom stereocenters. The standard InChI is InChI=1S/C13H24N2O2S2/c1-4-14-9-12-8-13(18-10-12)19(16,17)15-7-5-6-11(2)3/h8,10-11,14-15H,4-7,9H2,1-3H3. The molecule has 0 saturated carbocycles. The van der Waals surface area contributed by atoms with Crippen LogP contribution in [0, 0.1) is 5.92 Å². The Morgan fingerprint density at radius 2 is 2.11 bits per heavy atom. The first-order chi connectivity index (χ1) is 8.95. The molecule has 0 atom stereocenters. The Labute approximate surface area is 120 Å². The summed E-state index contributed by atoms with van der Waals surface area (Å²) in [6, 6.07) is 1.75. The molecule has 0 aliphatic carbocycles. The largest absolute Gasteiger partial charge is 0.313 e. The fraction of sp³-hybridized carbons (Fsp3) is 0.692. The monoisotopic (exact) mass is 304 g/mol. The summed E-state index contributed by atoms with van der Waals surface area (Å²) < 4.78 is 27.2. The number of sulfonamides is 1. The molecule has 0 bridgehead atoms. The van der Waals surface area contributed by atoms with Crippen LogP contribution < -0.4 is 10.0 Å². The third-order valence-electron chi connectivity index (χ3n) is 2.72. The molecule has 0 spiro atoms. The van der Waals surface area contributed by atoms with E-state index in [0.717, 1.165) is 31.5 Å². The average molecular weight is 304 g/mol. The summed E-state index contributed by atoms with van der Waals surface area (Å²) in [6.07, 6.45) is 1.92. The van der Waals surface area contributed by atoms with E-state index in [1.807, 2.05) is 12.3 Å². The number of hydrogen-bond acceptors (Lipinski definition) is 4. The normalized spacial score (nSPS) is 12.2. The van der Waals surface area contributed by atoms with Crippen molar-refractivity contribution in [3.05, 3.63) is 17.0 Å². The van der Waals surface area contributed by atoms with Crippen LogP contribution >= 0.6 is 11.3 Å². The summed E-state index contributed by atoms with van der Waals surface area (Å²) in [6.45, 7) is 8.42. The highest BCUT2D eigenvalue weighted by molar-refractivity contribution is 7.91. The van der Waals surface area contributed by atoms with E-state index in [1.165, 1.54) is 11.3 Å². The van der Waals surface area contributed by atoms with Gasteiger partial charge in [-0.1, -0.05) is 20.8 Å². The van der Waals surface area contributed by atoms with Crippen molar-refractivity contribution in [1.29, 1.82) is 0 Å². The molecule has 1 aromatic heterocycles. The highest BCUT2D eigenvalue weighted by Gasteiger charge is 2.15. The molecule has 0 aliphatic heterocycles. The second kappa shape index (κ2) is 7.99. The maximum absolute atomic E-state index is 12.0. The molecular formula is C13H24N2O2S2. The van der Waals surface area contributed by atoms with E-state index < -0.39 is 10.0 Å². The molecule has 1 heterocycles. The Hall–Kier alpha value is -0.430. The van der Waals surface area contributed by atoms with Crippen LogP contribution in [0.4, 0.5) is 0 Å². The molecule has 4 nitrogen and oxygen atoms in total. The van der Waals surface area contributed by atoms with Crippen molar-refractivity contribution < 1.29 is 8.42 Å². The number of rotatable bonds is 9. The van der Waals surface area contributed by atoms with Gasteiger partial charge in [0.1, 0.15) is 4.21 Å². The Morgan fingerprint density at radius 3 is 2.74 bits per heavy atom. The van der Waals surface area contributed by atoms with Crippen molar-refractivity contribution in [3.63, 3.8) is 0 Å². The van der Waals surface area contributed by atoms with Gasteiger partial charge in [-0.3, -0.25) is 0 Å². The highest BCUT2D eigenvalue weighted by atomic mass is 32.2. The van der Waals surface area contributed by atoms with Crippen molar-refractivity contribution in [1.82, 2.24) is 10.0 Å². The SMILES string of the molecule is CCNCc1csc(S(=O)(=O)NCCCC(C)C)c1. The van der Waals surface area contributed by atoms with Gasteiger partial charge in [-0.2, -0.15) is 0 Å². The van der Waals surface area contributed by atoms with Crippen LogP contribution in [0.15, 0.2) is 15.7 Å². The van der Waals surface area contributed by atoms with E-state index in [9.17, 15) is 8.42 Å². The van der Waals surface area contributed by atoms with Gasteiger partial charge >= 0.3 is 0 Å². The highest BCUT2D eigenvalue weighted by Crippen LogP contribution is 2.20. The van der Waals surface area contributed by atoms with Gasteiger partial charge in [-0.15, -0.1) is 11.3 Å². The summed E-state index contributed by atoms with van der Waals surface area (Å²) in [4.78, 5) is 0. The molecular weight excluding hydrogens is 280 g/mol. The van der Waals surface area contributed by atoms with Crippen LogP contribution in [0.3, 0.4) is 0 Å². The molecule has 1 aromatic rings. The molecule has 0 saturated heterocycles. The van der Waals surface area contributed by atoms with E-state index in [0.29, 0.717) is 16.7 Å². The maximum atomic E-state index is 12.0. The lowest BCUT2D eigenvalue weighted by Crippen LogP contribution is -2.24. The molecule has 0 aromatic carbocycles. The molecule has 2 N–H and O–H groups in total. The summed E-state index contributed by atoms with van der Waals surface area (Å²) in [7, 11) is -3.32. The predicted octanol–water partition coefficient (Wildman–Crippen LogP) is 2.57. The van der Waals surface area contributed by atoms with Gasteiger partial charge in [0, 0.05) is 13.1 Å².